The minimum atomic E-state index is -0.0310. The number of hydrogen-bond donors (Lipinski definition) is 3. The van der Waals surface area contributed by atoms with Crippen LogP contribution in [0, 0.1) is 0 Å². The van der Waals surface area contributed by atoms with Gasteiger partial charge in [0.1, 0.15) is 0 Å². The number of rotatable bonds is 1. The van der Waals surface area contributed by atoms with Gasteiger partial charge in [-0.2, -0.15) is 0 Å². The van der Waals surface area contributed by atoms with E-state index in [1.807, 2.05) is 18.2 Å². The van der Waals surface area contributed by atoms with Gasteiger partial charge in [-0.05, 0) is 5.56 Å². The molecule has 13 heavy (non-hydrogen) atoms. The largest absolute Gasteiger partial charge is 0.498 e. The number of aliphatic hydroxyl groups excluding tert-OH is 1. The Balaban J connectivity index is 2.84. The number of thiophene rings is 1. The summed E-state index contributed by atoms with van der Waals surface area (Å²) in [6, 6.07) is 5.47. The lowest BCUT2D eigenvalue weighted by molar-refractivity contribution is 0.283. The third kappa shape index (κ3) is 1.15. The van der Waals surface area contributed by atoms with Gasteiger partial charge in [0.05, 0.1) is 12.3 Å². The van der Waals surface area contributed by atoms with Gasteiger partial charge < -0.3 is 15.9 Å². The highest BCUT2D eigenvalue weighted by Gasteiger charge is 2.10. The van der Waals surface area contributed by atoms with Crippen LogP contribution >= 0.6 is 11.3 Å². The van der Waals surface area contributed by atoms with Crippen molar-refractivity contribution in [1.82, 2.24) is 0 Å². The number of aliphatic hydroxyl groups is 1. The zero-order valence-electron chi connectivity index (χ0n) is 6.82. The summed E-state index contributed by atoms with van der Waals surface area (Å²) in [4.78, 5) is 0. The highest BCUT2D eigenvalue weighted by atomic mass is 32.1. The minimum absolute atomic E-state index is 0.0310. The summed E-state index contributed by atoms with van der Waals surface area (Å²) in [7, 11) is 0. The molecule has 0 aliphatic carbocycles. The van der Waals surface area contributed by atoms with Gasteiger partial charge >= 0.3 is 0 Å². The molecule has 2 rings (SSSR count). The summed E-state index contributed by atoms with van der Waals surface area (Å²) in [5.41, 5.74) is 6.84. The molecule has 0 amide bonds. The number of fused-ring (bicyclic) bond motifs is 1. The van der Waals surface area contributed by atoms with E-state index < -0.39 is 0 Å². The summed E-state index contributed by atoms with van der Waals surface area (Å²) in [5, 5.41) is 19.3. The van der Waals surface area contributed by atoms with E-state index in [1.54, 1.807) is 0 Å². The zero-order valence-corrected chi connectivity index (χ0v) is 7.64. The second-order valence-electron chi connectivity index (χ2n) is 2.77. The molecule has 1 aromatic heterocycles. The Kier molecular flexibility index (Phi) is 1.86. The van der Waals surface area contributed by atoms with E-state index in [9.17, 15) is 5.11 Å². The summed E-state index contributed by atoms with van der Waals surface area (Å²) in [6.45, 7) is -0.0310. The maximum atomic E-state index is 9.38. The molecular formula is C9H9NO2S. The van der Waals surface area contributed by atoms with E-state index in [2.05, 4.69) is 0 Å². The van der Waals surface area contributed by atoms with Gasteiger partial charge in [-0.25, -0.2) is 0 Å². The Bertz CT molecular complexity index is 450. The highest BCUT2D eigenvalue weighted by molar-refractivity contribution is 7.21. The van der Waals surface area contributed by atoms with E-state index in [1.165, 1.54) is 11.3 Å². The normalized spacial score (nSPS) is 10.8. The van der Waals surface area contributed by atoms with Crippen LogP contribution in [0.25, 0.3) is 10.1 Å². The van der Waals surface area contributed by atoms with Gasteiger partial charge in [-0.1, -0.05) is 29.5 Å². The van der Waals surface area contributed by atoms with Crippen LogP contribution in [0.1, 0.15) is 5.56 Å². The van der Waals surface area contributed by atoms with Crippen LogP contribution in [0.5, 0.6) is 5.06 Å². The minimum Gasteiger partial charge on any atom is -0.498 e. The average molecular weight is 195 g/mol. The van der Waals surface area contributed by atoms with E-state index in [4.69, 9.17) is 10.8 Å². The molecule has 4 N–H and O–H groups in total. The lowest BCUT2D eigenvalue weighted by Gasteiger charge is -1.96. The molecule has 0 radical (unpaired) electrons. The summed E-state index contributed by atoms with van der Waals surface area (Å²) in [6.07, 6.45) is 0. The molecule has 0 fully saturated rings. The van der Waals surface area contributed by atoms with Gasteiger partial charge in [0, 0.05) is 10.1 Å². The number of nitrogens with two attached hydrogens (primary N) is 1. The fourth-order valence-corrected chi connectivity index (χ4v) is 2.27. The van der Waals surface area contributed by atoms with Crippen LogP contribution in [0.2, 0.25) is 0 Å². The SMILES string of the molecule is Nc1c(O)sc2c(CO)cccc12. The Morgan fingerprint density at radius 3 is 2.85 bits per heavy atom. The molecule has 4 heteroatoms. The molecule has 0 bridgehead atoms. The van der Waals surface area contributed by atoms with Gasteiger partial charge in [-0.15, -0.1) is 0 Å². The first-order valence-corrected chi connectivity index (χ1v) is 4.65. The predicted octanol–water partition coefficient (Wildman–Crippen LogP) is 1.68. The smallest absolute Gasteiger partial charge is 0.196 e. The van der Waals surface area contributed by atoms with Crippen molar-refractivity contribution in [2.75, 3.05) is 5.73 Å². The van der Waals surface area contributed by atoms with E-state index >= 15 is 0 Å². The third-order valence-electron chi connectivity index (χ3n) is 1.99. The molecular weight excluding hydrogens is 186 g/mol. The third-order valence-corrected chi connectivity index (χ3v) is 3.09. The lowest BCUT2D eigenvalue weighted by atomic mass is 10.1. The maximum Gasteiger partial charge on any atom is 0.196 e. The number of nitrogen functional groups attached to an aromatic ring is 1. The predicted molar refractivity (Wildman–Crippen MR) is 53.8 cm³/mol. The van der Waals surface area contributed by atoms with Crippen molar-refractivity contribution >= 4 is 27.1 Å². The molecule has 0 atom stereocenters. The van der Waals surface area contributed by atoms with Gasteiger partial charge in [0.15, 0.2) is 5.06 Å². The number of hydrogen-bond acceptors (Lipinski definition) is 4. The second kappa shape index (κ2) is 2.90. The number of anilines is 1. The van der Waals surface area contributed by atoms with Crippen molar-refractivity contribution in [2.45, 2.75) is 6.61 Å². The Morgan fingerprint density at radius 2 is 2.15 bits per heavy atom. The van der Waals surface area contributed by atoms with Gasteiger partial charge in [0.25, 0.3) is 0 Å². The average Bonchev–Trinajstić information content (AvgIpc) is 2.43. The van der Waals surface area contributed by atoms with Crippen molar-refractivity contribution in [3.05, 3.63) is 23.8 Å². The maximum absolute atomic E-state index is 9.38. The summed E-state index contributed by atoms with van der Waals surface area (Å²) in [5.74, 6) is 0. The molecule has 0 saturated heterocycles. The Labute approximate surface area is 79.0 Å². The fraction of sp³-hybridized carbons (Fsp3) is 0.111. The quantitative estimate of drug-likeness (QED) is 0.648. The van der Waals surface area contributed by atoms with Gasteiger partial charge in [0.2, 0.25) is 0 Å². The summed E-state index contributed by atoms with van der Waals surface area (Å²) >= 11 is 1.20. The molecule has 1 aromatic carbocycles. The van der Waals surface area contributed by atoms with E-state index in [-0.39, 0.29) is 11.7 Å². The molecule has 0 aliphatic heterocycles. The molecule has 2 aromatic rings. The Hall–Kier alpha value is -1.26. The van der Waals surface area contributed by atoms with Crippen molar-refractivity contribution in [1.29, 1.82) is 0 Å². The van der Waals surface area contributed by atoms with Crippen LogP contribution in [0.3, 0.4) is 0 Å². The molecule has 68 valence electrons. The number of benzene rings is 1. The lowest BCUT2D eigenvalue weighted by Crippen LogP contribution is -1.84. The van der Waals surface area contributed by atoms with Crippen molar-refractivity contribution in [3.63, 3.8) is 0 Å². The van der Waals surface area contributed by atoms with Crippen LogP contribution in [0.4, 0.5) is 5.69 Å². The zero-order chi connectivity index (χ0) is 9.42. The molecule has 1 heterocycles. The second-order valence-corrected chi connectivity index (χ2v) is 3.77. The van der Waals surface area contributed by atoms with Crippen LogP contribution < -0.4 is 5.73 Å². The van der Waals surface area contributed by atoms with E-state index in [0.717, 1.165) is 15.6 Å². The molecule has 3 nitrogen and oxygen atoms in total. The molecule has 0 aliphatic rings. The first-order chi connectivity index (χ1) is 6.24. The number of aromatic hydroxyl groups is 1. The van der Waals surface area contributed by atoms with Crippen molar-refractivity contribution in [3.8, 4) is 5.06 Å². The Morgan fingerprint density at radius 1 is 1.38 bits per heavy atom. The first-order valence-electron chi connectivity index (χ1n) is 3.83. The monoisotopic (exact) mass is 195 g/mol. The standard InChI is InChI=1S/C9H9NO2S/c10-7-6-3-1-2-5(4-11)8(6)13-9(7)12/h1-3,11-12H,4,10H2. The van der Waals surface area contributed by atoms with Crippen LogP contribution in [-0.4, -0.2) is 10.2 Å². The van der Waals surface area contributed by atoms with Crippen molar-refractivity contribution in [2.24, 2.45) is 0 Å². The van der Waals surface area contributed by atoms with E-state index in [0.29, 0.717) is 5.69 Å². The topological polar surface area (TPSA) is 66.5 Å². The molecule has 0 spiro atoms. The molecule has 0 unspecified atom stereocenters. The van der Waals surface area contributed by atoms with Gasteiger partial charge in [-0.3, -0.25) is 0 Å². The first kappa shape index (κ1) is 8.34. The fourth-order valence-electron chi connectivity index (χ4n) is 1.31. The molecule has 0 saturated carbocycles. The van der Waals surface area contributed by atoms with Crippen molar-refractivity contribution < 1.29 is 10.2 Å². The van der Waals surface area contributed by atoms with Crippen LogP contribution in [0.15, 0.2) is 18.2 Å². The summed E-state index contributed by atoms with van der Waals surface area (Å²) < 4.78 is 0.861. The highest BCUT2D eigenvalue weighted by Crippen LogP contribution is 2.40. The van der Waals surface area contributed by atoms with Crippen LogP contribution in [-0.2, 0) is 6.61 Å².